The minimum atomic E-state index is -0.231. The Morgan fingerprint density at radius 1 is 1.00 bits per heavy atom. The van der Waals surface area contributed by atoms with Crippen molar-refractivity contribution < 1.29 is 4.39 Å². The Balaban J connectivity index is 1.45. The molecule has 0 bridgehead atoms. The molecule has 4 rings (SSSR count). The van der Waals surface area contributed by atoms with Crippen molar-refractivity contribution in [3.05, 3.63) is 77.4 Å². The largest absolute Gasteiger partial charge is 0.339 e. The molecule has 140 valence electrons. The molecule has 1 aliphatic rings. The van der Waals surface area contributed by atoms with Gasteiger partial charge in [-0.05, 0) is 37.1 Å². The van der Waals surface area contributed by atoms with Gasteiger partial charge in [0.05, 0.1) is 5.69 Å². The highest BCUT2D eigenvalue weighted by molar-refractivity contribution is 5.44. The van der Waals surface area contributed by atoms with Crippen molar-refractivity contribution in [2.75, 3.05) is 31.1 Å². The maximum Gasteiger partial charge on any atom is 0.210 e. The molecule has 0 spiro atoms. The number of imidazole rings is 1. The summed E-state index contributed by atoms with van der Waals surface area (Å²) in [5.41, 5.74) is 4.60. The highest BCUT2D eigenvalue weighted by Crippen LogP contribution is 2.22. The summed E-state index contributed by atoms with van der Waals surface area (Å²) in [4.78, 5) is 9.22. The monoisotopic (exact) mass is 364 g/mol. The van der Waals surface area contributed by atoms with Gasteiger partial charge in [0.25, 0.3) is 0 Å². The second-order valence-electron chi connectivity index (χ2n) is 7.24. The van der Waals surface area contributed by atoms with Crippen LogP contribution in [0.3, 0.4) is 0 Å². The van der Waals surface area contributed by atoms with Crippen LogP contribution in [0, 0.1) is 19.7 Å². The number of rotatable bonds is 4. The number of aromatic nitrogens is 2. The maximum absolute atomic E-state index is 14.2. The van der Waals surface area contributed by atoms with Gasteiger partial charge in [-0.15, -0.1) is 0 Å². The molecule has 0 amide bonds. The van der Waals surface area contributed by atoms with Crippen LogP contribution in [0.4, 0.5) is 10.3 Å². The third-order valence-electron chi connectivity index (χ3n) is 5.29. The molecule has 1 aromatic heterocycles. The lowest BCUT2D eigenvalue weighted by Gasteiger charge is -2.35. The lowest BCUT2D eigenvalue weighted by Crippen LogP contribution is -2.46. The normalized spacial score (nSPS) is 15.3. The van der Waals surface area contributed by atoms with E-state index in [4.69, 9.17) is 0 Å². The molecule has 2 heterocycles. The lowest BCUT2D eigenvalue weighted by atomic mass is 10.0. The Bertz CT molecular complexity index is 926. The van der Waals surface area contributed by atoms with Crippen LogP contribution >= 0.6 is 0 Å². The first kappa shape index (κ1) is 17.7. The summed E-state index contributed by atoms with van der Waals surface area (Å²) >= 11 is 0. The van der Waals surface area contributed by atoms with E-state index in [0.717, 1.165) is 38.7 Å². The summed E-state index contributed by atoms with van der Waals surface area (Å²) in [6.07, 6.45) is 3.57. The first-order chi connectivity index (χ1) is 13.1. The minimum Gasteiger partial charge on any atom is -0.339 e. The van der Waals surface area contributed by atoms with E-state index in [1.165, 1.54) is 22.8 Å². The topological polar surface area (TPSA) is 24.3 Å². The molecule has 0 radical (unpaired) electrons. The van der Waals surface area contributed by atoms with Gasteiger partial charge in [0, 0.05) is 45.1 Å². The van der Waals surface area contributed by atoms with E-state index in [1.54, 1.807) is 18.3 Å². The van der Waals surface area contributed by atoms with Crippen LogP contribution in [0.2, 0.25) is 0 Å². The number of benzene rings is 2. The smallest absolute Gasteiger partial charge is 0.210 e. The first-order valence-electron chi connectivity index (χ1n) is 9.43. The second-order valence-corrected chi connectivity index (χ2v) is 7.24. The van der Waals surface area contributed by atoms with Crippen molar-refractivity contribution in [1.82, 2.24) is 14.5 Å². The number of nitrogens with zero attached hydrogens (tertiary/aromatic N) is 4. The molecule has 0 aliphatic carbocycles. The molecule has 5 heteroatoms. The third-order valence-corrected chi connectivity index (χ3v) is 5.29. The van der Waals surface area contributed by atoms with E-state index < -0.39 is 0 Å². The van der Waals surface area contributed by atoms with Crippen LogP contribution in [-0.2, 0) is 6.54 Å². The van der Waals surface area contributed by atoms with Gasteiger partial charge in [0.2, 0.25) is 5.95 Å². The van der Waals surface area contributed by atoms with E-state index in [2.05, 4.69) is 46.8 Å². The molecule has 1 aliphatic heterocycles. The number of anilines is 1. The Hall–Kier alpha value is -2.66. The molecular weight excluding hydrogens is 339 g/mol. The number of aryl methyl sites for hydroxylation is 2. The molecule has 0 N–H and O–H groups in total. The first-order valence-corrected chi connectivity index (χ1v) is 9.43. The number of hydrogen-bond donors (Lipinski definition) is 0. The van der Waals surface area contributed by atoms with Gasteiger partial charge in [-0.2, -0.15) is 0 Å². The van der Waals surface area contributed by atoms with E-state index in [1.807, 2.05) is 16.8 Å². The molecule has 4 nitrogen and oxygen atoms in total. The van der Waals surface area contributed by atoms with Crippen LogP contribution in [0.1, 0.15) is 16.7 Å². The Morgan fingerprint density at radius 2 is 1.78 bits per heavy atom. The lowest BCUT2D eigenvalue weighted by molar-refractivity contribution is 0.248. The fourth-order valence-electron chi connectivity index (χ4n) is 3.68. The molecule has 1 fully saturated rings. The highest BCUT2D eigenvalue weighted by Gasteiger charge is 2.22. The van der Waals surface area contributed by atoms with E-state index in [-0.39, 0.29) is 5.82 Å². The highest BCUT2D eigenvalue weighted by atomic mass is 19.1. The fraction of sp³-hybridized carbons (Fsp3) is 0.318. The summed E-state index contributed by atoms with van der Waals surface area (Å²) in [5, 5.41) is 0. The predicted molar refractivity (Wildman–Crippen MR) is 107 cm³/mol. The van der Waals surface area contributed by atoms with E-state index in [0.29, 0.717) is 5.69 Å². The number of hydrogen-bond acceptors (Lipinski definition) is 3. The molecule has 3 aromatic rings. The number of piperazine rings is 1. The Morgan fingerprint density at radius 3 is 2.56 bits per heavy atom. The van der Waals surface area contributed by atoms with Crippen LogP contribution in [-0.4, -0.2) is 40.6 Å². The van der Waals surface area contributed by atoms with Crippen molar-refractivity contribution in [2.24, 2.45) is 0 Å². The minimum absolute atomic E-state index is 0.231. The van der Waals surface area contributed by atoms with Crippen molar-refractivity contribution >= 4 is 5.95 Å². The Kier molecular flexibility index (Phi) is 4.94. The SMILES string of the molecule is Cc1ccc(C)c(CN2CCN(c3nccn3-c3ccccc3F)CC2)c1. The van der Waals surface area contributed by atoms with Gasteiger partial charge in [-0.3, -0.25) is 9.47 Å². The van der Waals surface area contributed by atoms with E-state index >= 15 is 0 Å². The van der Waals surface area contributed by atoms with Crippen LogP contribution in [0.5, 0.6) is 0 Å². The predicted octanol–water partition coefficient (Wildman–Crippen LogP) is 3.95. The van der Waals surface area contributed by atoms with Gasteiger partial charge in [-0.25, -0.2) is 9.37 Å². The van der Waals surface area contributed by atoms with Gasteiger partial charge < -0.3 is 4.90 Å². The Labute approximate surface area is 159 Å². The maximum atomic E-state index is 14.2. The van der Waals surface area contributed by atoms with Crippen molar-refractivity contribution in [3.63, 3.8) is 0 Å². The second kappa shape index (κ2) is 7.53. The summed E-state index contributed by atoms with van der Waals surface area (Å²) in [6.45, 7) is 9.00. The number of halogens is 1. The van der Waals surface area contributed by atoms with Gasteiger partial charge in [0.15, 0.2) is 0 Å². The van der Waals surface area contributed by atoms with Gasteiger partial charge in [0.1, 0.15) is 5.82 Å². The summed E-state index contributed by atoms with van der Waals surface area (Å²) < 4.78 is 16.0. The standard InChI is InChI=1S/C22H25FN4/c1-17-7-8-18(2)19(15-17)16-25-11-13-26(14-12-25)22-24-9-10-27(22)21-6-4-3-5-20(21)23/h3-10,15H,11-14,16H2,1-2H3. The molecule has 27 heavy (non-hydrogen) atoms. The summed E-state index contributed by atoms with van der Waals surface area (Å²) in [6, 6.07) is 13.5. The van der Waals surface area contributed by atoms with Crippen LogP contribution < -0.4 is 4.90 Å². The molecule has 0 atom stereocenters. The zero-order valence-corrected chi connectivity index (χ0v) is 15.9. The van der Waals surface area contributed by atoms with Crippen molar-refractivity contribution in [3.8, 4) is 5.69 Å². The summed E-state index contributed by atoms with van der Waals surface area (Å²) in [7, 11) is 0. The van der Waals surface area contributed by atoms with Crippen molar-refractivity contribution in [1.29, 1.82) is 0 Å². The average Bonchev–Trinajstić information content (AvgIpc) is 3.15. The zero-order valence-electron chi connectivity index (χ0n) is 15.9. The van der Waals surface area contributed by atoms with Crippen molar-refractivity contribution in [2.45, 2.75) is 20.4 Å². The molecular formula is C22H25FN4. The van der Waals surface area contributed by atoms with Gasteiger partial charge in [-0.1, -0.05) is 35.9 Å². The third kappa shape index (κ3) is 3.74. The molecule has 0 unspecified atom stereocenters. The quantitative estimate of drug-likeness (QED) is 0.701. The fourth-order valence-corrected chi connectivity index (χ4v) is 3.68. The van der Waals surface area contributed by atoms with Gasteiger partial charge >= 0.3 is 0 Å². The zero-order chi connectivity index (χ0) is 18.8. The molecule has 0 saturated carbocycles. The summed E-state index contributed by atoms with van der Waals surface area (Å²) in [5.74, 6) is 0.580. The number of para-hydroxylation sites is 1. The van der Waals surface area contributed by atoms with Crippen LogP contribution in [0.25, 0.3) is 5.69 Å². The average molecular weight is 364 g/mol. The molecule has 1 saturated heterocycles. The van der Waals surface area contributed by atoms with E-state index in [9.17, 15) is 4.39 Å². The van der Waals surface area contributed by atoms with Crippen LogP contribution in [0.15, 0.2) is 54.9 Å². The molecule has 2 aromatic carbocycles.